The first-order valence-corrected chi connectivity index (χ1v) is 8.15. The van der Waals surface area contributed by atoms with Crippen LogP contribution >= 0.6 is 27.3 Å². The van der Waals surface area contributed by atoms with Gasteiger partial charge in [0.25, 0.3) is 0 Å². The molecule has 0 bridgehead atoms. The average molecular weight is 338 g/mol. The van der Waals surface area contributed by atoms with Gasteiger partial charge >= 0.3 is 0 Å². The standard InChI is InChI=1S/C15H16BrNOS/c1-9(2)7-14-17-15-11-4-3-10(16)8-12(11)18-6-5-13(15)19-14/h3-4,8-9H,5-7H2,1-2H3. The zero-order chi connectivity index (χ0) is 13.4. The summed E-state index contributed by atoms with van der Waals surface area (Å²) in [6.07, 6.45) is 2.02. The van der Waals surface area contributed by atoms with Crippen LogP contribution in [-0.4, -0.2) is 11.6 Å². The molecule has 1 aliphatic rings. The summed E-state index contributed by atoms with van der Waals surface area (Å²) in [6.45, 7) is 5.21. The second kappa shape index (κ2) is 5.25. The monoisotopic (exact) mass is 337 g/mol. The van der Waals surface area contributed by atoms with E-state index in [-0.39, 0.29) is 0 Å². The minimum Gasteiger partial charge on any atom is -0.492 e. The molecule has 0 amide bonds. The molecule has 2 heterocycles. The Hall–Kier alpha value is -0.870. The predicted octanol–water partition coefficient (Wildman–Crippen LogP) is 4.71. The molecule has 1 aliphatic heterocycles. The van der Waals surface area contributed by atoms with Crippen LogP contribution in [0.25, 0.3) is 11.3 Å². The molecule has 0 spiro atoms. The van der Waals surface area contributed by atoms with Gasteiger partial charge in [-0.1, -0.05) is 29.8 Å². The molecule has 1 aromatic heterocycles. The molecule has 0 saturated heterocycles. The van der Waals surface area contributed by atoms with Gasteiger partial charge in [0.1, 0.15) is 5.75 Å². The molecule has 4 heteroatoms. The van der Waals surface area contributed by atoms with E-state index in [0.29, 0.717) is 5.92 Å². The molecule has 0 saturated carbocycles. The lowest BCUT2D eigenvalue weighted by Crippen LogP contribution is -1.98. The lowest BCUT2D eigenvalue weighted by molar-refractivity contribution is 0.327. The van der Waals surface area contributed by atoms with Crippen LogP contribution in [0.1, 0.15) is 23.7 Å². The van der Waals surface area contributed by atoms with Crippen LogP contribution in [0.4, 0.5) is 0 Å². The molecule has 0 unspecified atom stereocenters. The molecule has 0 aliphatic carbocycles. The quantitative estimate of drug-likeness (QED) is 0.791. The molecular weight excluding hydrogens is 322 g/mol. The molecule has 0 N–H and O–H groups in total. The minimum atomic E-state index is 0.649. The molecule has 1 aromatic carbocycles. The molecule has 2 aromatic rings. The first-order chi connectivity index (χ1) is 9.13. The highest BCUT2D eigenvalue weighted by atomic mass is 79.9. The van der Waals surface area contributed by atoms with E-state index in [4.69, 9.17) is 9.72 Å². The third-order valence-corrected chi connectivity index (χ3v) is 4.74. The lowest BCUT2D eigenvalue weighted by Gasteiger charge is -2.07. The number of hydrogen-bond acceptors (Lipinski definition) is 3. The van der Waals surface area contributed by atoms with Crippen molar-refractivity contribution in [1.29, 1.82) is 0 Å². The highest BCUT2D eigenvalue weighted by Crippen LogP contribution is 2.39. The van der Waals surface area contributed by atoms with Gasteiger partial charge in [0.05, 0.1) is 17.3 Å². The van der Waals surface area contributed by atoms with Crippen molar-refractivity contribution in [3.8, 4) is 17.0 Å². The van der Waals surface area contributed by atoms with E-state index in [1.165, 1.54) is 9.88 Å². The van der Waals surface area contributed by atoms with Gasteiger partial charge in [-0.25, -0.2) is 4.98 Å². The number of benzene rings is 1. The molecule has 3 rings (SSSR count). The fourth-order valence-electron chi connectivity index (χ4n) is 2.28. The molecule has 2 nitrogen and oxygen atoms in total. The second-order valence-electron chi connectivity index (χ2n) is 5.22. The number of hydrogen-bond donors (Lipinski definition) is 0. The Balaban J connectivity index is 2.07. The molecule has 0 atom stereocenters. The molecule has 19 heavy (non-hydrogen) atoms. The van der Waals surface area contributed by atoms with Crippen molar-refractivity contribution in [2.75, 3.05) is 6.61 Å². The maximum absolute atomic E-state index is 5.83. The lowest BCUT2D eigenvalue weighted by atomic mass is 10.1. The fraction of sp³-hybridized carbons (Fsp3) is 0.400. The van der Waals surface area contributed by atoms with Crippen LogP contribution in [-0.2, 0) is 12.8 Å². The van der Waals surface area contributed by atoms with Crippen LogP contribution in [0.5, 0.6) is 5.75 Å². The summed E-state index contributed by atoms with van der Waals surface area (Å²) in [5.74, 6) is 1.59. The second-order valence-corrected chi connectivity index (χ2v) is 7.30. The number of ether oxygens (including phenoxy) is 1. The largest absolute Gasteiger partial charge is 0.492 e. The summed E-state index contributed by atoms with van der Waals surface area (Å²) in [7, 11) is 0. The first kappa shape index (κ1) is 13.1. The normalized spacial score (nSPS) is 13.7. The Morgan fingerprint density at radius 3 is 3.05 bits per heavy atom. The minimum absolute atomic E-state index is 0.649. The number of rotatable bonds is 2. The summed E-state index contributed by atoms with van der Waals surface area (Å²) in [5.41, 5.74) is 2.25. The van der Waals surface area contributed by atoms with Gasteiger partial charge in [-0.05, 0) is 24.1 Å². The predicted molar refractivity (Wildman–Crippen MR) is 83.0 cm³/mol. The summed E-state index contributed by atoms with van der Waals surface area (Å²) < 4.78 is 6.88. The van der Waals surface area contributed by atoms with E-state index < -0.39 is 0 Å². The smallest absolute Gasteiger partial charge is 0.129 e. The van der Waals surface area contributed by atoms with Gasteiger partial charge in [0.15, 0.2) is 0 Å². The van der Waals surface area contributed by atoms with Gasteiger partial charge in [0, 0.05) is 27.8 Å². The summed E-state index contributed by atoms with van der Waals surface area (Å²) >= 11 is 5.34. The number of nitrogens with zero attached hydrogens (tertiary/aromatic N) is 1. The molecule has 100 valence electrons. The maximum atomic E-state index is 5.83. The van der Waals surface area contributed by atoms with Gasteiger partial charge in [-0.15, -0.1) is 11.3 Å². The third-order valence-electron chi connectivity index (χ3n) is 3.11. The average Bonchev–Trinajstić information content (AvgIpc) is 2.64. The van der Waals surface area contributed by atoms with Crippen molar-refractivity contribution in [3.63, 3.8) is 0 Å². The third kappa shape index (κ3) is 2.70. The fourth-order valence-corrected chi connectivity index (χ4v) is 3.90. The van der Waals surface area contributed by atoms with E-state index >= 15 is 0 Å². The Morgan fingerprint density at radius 2 is 2.26 bits per heavy atom. The summed E-state index contributed by atoms with van der Waals surface area (Å²) in [6, 6.07) is 6.19. The number of aromatic nitrogens is 1. The van der Waals surface area contributed by atoms with Crippen LogP contribution in [0.15, 0.2) is 22.7 Å². The van der Waals surface area contributed by atoms with Crippen LogP contribution < -0.4 is 4.74 Å². The number of fused-ring (bicyclic) bond motifs is 3. The van der Waals surface area contributed by atoms with Crippen molar-refractivity contribution >= 4 is 27.3 Å². The van der Waals surface area contributed by atoms with Crippen molar-refractivity contribution < 1.29 is 4.74 Å². The zero-order valence-corrected chi connectivity index (χ0v) is 13.5. The van der Waals surface area contributed by atoms with E-state index in [1.54, 1.807) is 0 Å². The Kier molecular flexibility index (Phi) is 3.63. The van der Waals surface area contributed by atoms with Crippen molar-refractivity contribution in [3.05, 3.63) is 32.6 Å². The first-order valence-electron chi connectivity index (χ1n) is 6.55. The summed E-state index contributed by atoms with van der Waals surface area (Å²) in [4.78, 5) is 6.20. The number of thiazole rings is 1. The topological polar surface area (TPSA) is 22.1 Å². The van der Waals surface area contributed by atoms with Crippen LogP contribution in [0.3, 0.4) is 0 Å². The Labute approximate surface area is 126 Å². The van der Waals surface area contributed by atoms with Gasteiger partial charge in [-0.3, -0.25) is 0 Å². The zero-order valence-electron chi connectivity index (χ0n) is 11.1. The van der Waals surface area contributed by atoms with E-state index in [1.807, 2.05) is 17.4 Å². The van der Waals surface area contributed by atoms with Gasteiger partial charge in [0.2, 0.25) is 0 Å². The Morgan fingerprint density at radius 1 is 1.42 bits per heavy atom. The van der Waals surface area contributed by atoms with Gasteiger partial charge < -0.3 is 4.74 Å². The van der Waals surface area contributed by atoms with Crippen LogP contribution in [0.2, 0.25) is 0 Å². The summed E-state index contributed by atoms with van der Waals surface area (Å²) in [5, 5.41) is 1.25. The van der Waals surface area contributed by atoms with Crippen LogP contribution in [0, 0.1) is 5.92 Å². The van der Waals surface area contributed by atoms with Gasteiger partial charge in [-0.2, -0.15) is 0 Å². The van der Waals surface area contributed by atoms with E-state index in [0.717, 1.165) is 40.9 Å². The van der Waals surface area contributed by atoms with Crippen molar-refractivity contribution in [2.45, 2.75) is 26.7 Å². The van der Waals surface area contributed by atoms with Crippen molar-refractivity contribution in [1.82, 2.24) is 4.98 Å². The van der Waals surface area contributed by atoms with E-state index in [9.17, 15) is 0 Å². The molecule has 0 fully saturated rings. The highest BCUT2D eigenvalue weighted by molar-refractivity contribution is 9.10. The molecular formula is C15H16BrNOS. The SMILES string of the molecule is CC(C)Cc1nc2c(s1)CCOc1cc(Br)ccc1-2. The number of halogens is 1. The van der Waals surface area contributed by atoms with Crippen molar-refractivity contribution in [2.24, 2.45) is 5.92 Å². The maximum Gasteiger partial charge on any atom is 0.129 e. The highest BCUT2D eigenvalue weighted by Gasteiger charge is 2.20. The Bertz CT molecular complexity index is 606. The molecule has 0 radical (unpaired) electrons. The van der Waals surface area contributed by atoms with E-state index in [2.05, 4.69) is 41.9 Å².